The molecule has 1 aliphatic heterocycles. The predicted octanol–water partition coefficient (Wildman–Crippen LogP) is 4.16. The normalized spacial score (nSPS) is 15.8. The van der Waals surface area contributed by atoms with Gasteiger partial charge in [0.1, 0.15) is 6.04 Å². The predicted molar refractivity (Wildman–Crippen MR) is 113 cm³/mol. The molecular formula is C23H24FN3O5. The Hall–Kier alpha value is -3.62. The van der Waals surface area contributed by atoms with E-state index in [2.05, 4.69) is 10.1 Å². The summed E-state index contributed by atoms with van der Waals surface area (Å²) in [7, 11) is 2.97. The molecule has 0 N–H and O–H groups in total. The maximum Gasteiger partial charge on any atom is 0.249 e. The molecule has 2 aromatic carbocycles. The number of benzene rings is 2. The van der Waals surface area contributed by atoms with E-state index in [1.54, 1.807) is 36.3 Å². The van der Waals surface area contributed by atoms with Crippen LogP contribution in [0.5, 0.6) is 17.2 Å². The van der Waals surface area contributed by atoms with Crippen LogP contribution in [0.25, 0.3) is 11.4 Å². The summed E-state index contributed by atoms with van der Waals surface area (Å²) < 4.78 is 35.5. The fourth-order valence-electron chi connectivity index (χ4n) is 3.76. The molecule has 1 fully saturated rings. The first-order valence-corrected chi connectivity index (χ1v) is 10.3. The maximum atomic E-state index is 14.1. The second-order valence-corrected chi connectivity index (χ2v) is 7.30. The molecule has 1 aliphatic rings. The van der Waals surface area contributed by atoms with Gasteiger partial charge in [0.2, 0.25) is 17.6 Å². The van der Waals surface area contributed by atoms with Gasteiger partial charge in [-0.25, -0.2) is 4.39 Å². The molecule has 168 valence electrons. The van der Waals surface area contributed by atoms with Gasteiger partial charge in [0.15, 0.2) is 23.1 Å². The molecule has 1 aromatic heterocycles. The summed E-state index contributed by atoms with van der Waals surface area (Å²) >= 11 is 0. The molecule has 3 aromatic rings. The molecule has 32 heavy (non-hydrogen) atoms. The summed E-state index contributed by atoms with van der Waals surface area (Å²) in [5.41, 5.74) is 1.35. The van der Waals surface area contributed by atoms with Crippen LogP contribution in [0, 0.1) is 5.82 Å². The number of hydrogen-bond acceptors (Lipinski definition) is 7. The van der Waals surface area contributed by atoms with Crippen molar-refractivity contribution in [2.75, 3.05) is 20.8 Å². The highest BCUT2D eigenvalue weighted by molar-refractivity contribution is 5.79. The van der Waals surface area contributed by atoms with E-state index in [1.165, 1.54) is 13.2 Å². The van der Waals surface area contributed by atoms with E-state index >= 15 is 0 Å². The van der Waals surface area contributed by atoms with Gasteiger partial charge in [-0.05, 0) is 49.2 Å². The van der Waals surface area contributed by atoms with Crippen LogP contribution in [-0.4, -0.2) is 41.8 Å². The number of hydrogen-bond donors (Lipinski definition) is 0. The van der Waals surface area contributed by atoms with Gasteiger partial charge in [0.05, 0.1) is 20.8 Å². The lowest BCUT2D eigenvalue weighted by atomic mass is 10.1. The summed E-state index contributed by atoms with van der Waals surface area (Å²) in [5.74, 6) is 1.55. The molecule has 1 atom stereocenters. The van der Waals surface area contributed by atoms with E-state index in [9.17, 15) is 9.18 Å². The number of halogens is 1. The van der Waals surface area contributed by atoms with Crippen molar-refractivity contribution in [1.29, 1.82) is 0 Å². The highest BCUT2D eigenvalue weighted by atomic mass is 19.1. The minimum Gasteiger partial charge on any atom is -0.494 e. The van der Waals surface area contributed by atoms with Crippen LogP contribution in [0.1, 0.15) is 37.3 Å². The highest BCUT2D eigenvalue weighted by Crippen LogP contribution is 2.36. The number of ether oxygens (including phenoxy) is 3. The van der Waals surface area contributed by atoms with E-state index < -0.39 is 5.82 Å². The number of amides is 1. The third kappa shape index (κ3) is 4.23. The van der Waals surface area contributed by atoms with Crippen LogP contribution in [-0.2, 0) is 11.3 Å². The van der Waals surface area contributed by atoms with Crippen LogP contribution in [0.15, 0.2) is 40.9 Å². The van der Waals surface area contributed by atoms with E-state index in [-0.39, 0.29) is 24.2 Å². The summed E-state index contributed by atoms with van der Waals surface area (Å²) in [6, 6.07) is 9.65. The standard InChI is InChI=1S/C23H24FN3O5/c1-4-31-19-9-6-15(12-20(19)30-3)22-25-23(32-26-22)17-7-10-21(28)27(17)13-14-5-8-18(29-2)16(24)11-14/h5-6,8-9,11-12,17H,4,7,10,13H2,1-3H3. The number of rotatable bonds is 8. The van der Waals surface area contributed by atoms with E-state index in [1.807, 2.05) is 13.0 Å². The van der Waals surface area contributed by atoms with E-state index in [0.717, 1.165) is 0 Å². The Labute approximate surface area is 184 Å². The molecule has 0 spiro atoms. The average Bonchev–Trinajstić information content (AvgIpc) is 3.42. The van der Waals surface area contributed by atoms with Crippen molar-refractivity contribution >= 4 is 5.91 Å². The van der Waals surface area contributed by atoms with Crippen molar-refractivity contribution in [1.82, 2.24) is 15.0 Å². The molecule has 4 rings (SSSR count). The van der Waals surface area contributed by atoms with Crippen molar-refractivity contribution in [2.45, 2.75) is 32.4 Å². The molecule has 1 amide bonds. The number of nitrogens with zero attached hydrogens (tertiary/aromatic N) is 3. The lowest BCUT2D eigenvalue weighted by Gasteiger charge is -2.22. The third-order valence-electron chi connectivity index (χ3n) is 5.35. The maximum absolute atomic E-state index is 14.1. The number of likely N-dealkylation sites (tertiary alicyclic amines) is 1. The summed E-state index contributed by atoms with van der Waals surface area (Å²) in [6.07, 6.45) is 0.906. The average molecular weight is 441 g/mol. The Morgan fingerprint density at radius 2 is 1.91 bits per heavy atom. The molecule has 8 nitrogen and oxygen atoms in total. The summed E-state index contributed by atoms with van der Waals surface area (Å²) in [4.78, 5) is 18.7. The lowest BCUT2D eigenvalue weighted by molar-refractivity contribution is -0.130. The number of methoxy groups -OCH3 is 2. The van der Waals surface area contributed by atoms with Gasteiger partial charge in [-0.2, -0.15) is 4.98 Å². The third-order valence-corrected chi connectivity index (χ3v) is 5.35. The second-order valence-electron chi connectivity index (χ2n) is 7.30. The molecule has 1 unspecified atom stereocenters. The lowest BCUT2D eigenvalue weighted by Crippen LogP contribution is -2.27. The zero-order valence-electron chi connectivity index (χ0n) is 18.1. The van der Waals surface area contributed by atoms with Gasteiger partial charge >= 0.3 is 0 Å². The van der Waals surface area contributed by atoms with Crippen LogP contribution >= 0.6 is 0 Å². The van der Waals surface area contributed by atoms with Gasteiger partial charge in [0, 0.05) is 18.5 Å². The first-order chi connectivity index (χ1) is 15.5. The fraction of sp³-hybridized carbons (Fsp3) is 0.348. The molecule has 0 aliphatic carbocycles. The van der Waals surface area contributed by atoms with Gasteiger partial charge in [-0.1, -0.05) is 11.2 Å². The Morgan fingerprint density at radius 1 is 1.12 bits per heavy atom. The number of aromatic nitrogens is 2. The zero-order chi connectivity index (χ0) is 22.7. The second kappa shape index (κ2) is 9.25. The molecule has 0 radical (unpaired) electrons. The smallest absolute Gasteiger partial charge is 0.249 e. The van der Waals surface area contributed by atoms with Crippen LogP contribution in [0.3, 0.4) is 0 Å². The van der Waals surface area contributed by atoms with Gasteiger partial charge < -0.3 is 23.6 Å². The first-order valence-electron chi connectivity index (χ1n) is 10.3. The fourth-order valence-corrected chi connectivity index (χ4v) is 3.76. The van der Waals surface area contributed by atoms with Crippen LogP contribution in [0.2, 0.25) is 0 Å². The largest absolute Gasteiger partial charge is 0.494 e. The SMILES string of the molecule is CCOc1ccc(-c2noc(C3CCC(=O)N3Cc3ccc(OC)c(F)c3)n2)cc1OC. The van der Waals surface area contributed by atoms with Crippen molar-refractivity contribution in [3.05, 3.63) is 53.7 Å². The minimum absolute atomic E-state index is 0.0475. The summed E-state index contributed by atoms with van der Waals surface area (Å²) in [6.45, 7) is 2.65. The summed E-state index contributed by atoms with van der Waals surface area (Å²) in [5, 5.41) is 4.09. The minimum atomic E-state index is -0.474. The molecular weight excluding hydrogens is 417 g/mol. The van der Waals surface area contributed by atoms with Gasteiger partial charge in [0.25, 0.3) is 0 Å². The monoisotopic (exact) mass is 441 g/mol. The molecule has 0 bridgehead atoms. The molecule has 0 saturated carbocycles. The van der Waals surface area contributed by atoms with Crippen molar-refractivity contribution in [3.63, 3.8) is 0 Å². The molecule has 9 heteroatoms. The van der Waals surface area contributed by atoms with Crippen LogP contribution < -0.4 is 14.2 Å². The Bertz CT molecular complexity index is 1120. The highest BCUT2D eigenvalue weighted by Gasteiger charge is 2.36. The Kier molecular flexibility index (Phi) is 6.25. The van der Waals surface area contributed by atoms with E-state index in [4.69, 9.17) is 18.7 Å². The number of carbonyl (C=O) groups excluding carboxylic acids is 1. The van der Waals surface area contributed by atoms with E-state index in [0.29, 0.717) is 53.8 Å². The topological polar surface area (TPSA) is 86.9 Å². The Balaban J connectivity index is 1.56. The van der Waals surface area contributed by atoms with Crippen LogP contribution in [0.4, 0.5) is 4.39 Å². The van der Waals surface area contributed by atoms with Crippen molar-refractivity contribution in [3.8, 4) is 28.6 Å². The van der Waals surface area contributed by atoms with Gasteiger partial charge in [-0.15, -0.1) is 0 Å². The quantitative estimate of drug-likeness (QED) is 0.519. The van der Waals surface area contributed by atoms with Crippen molar-refractivity contribution < 1.29 is 27.9 Å². The molecule has 2 heterocycles. The van der Waals surface area contributed by atoms with Gasteiger partial charge in [-0.3, -0.25) is 4.79 Å². The molecule has 1 saturated heterocycles. The zero-order valence-corrected chi connectivity index (χ0v) is 18.1. The Morgan fingerprint density at radius 3 is 2.62 bits per heavy atom. The number of carbonyl (C=O) groups is 1. The van der Waals surface area contributed by atoms with Crippen molar-refractivity contribution in [2.24, 2.45) is 0 Å². The first kappa shape index (κ1) is 21.6.